The number of carbonyl (C=O) groups excluding carboxylic acids is 1. The predicted molar refractivity (Wildman–Crippen MR) is 114 cm³/mol. The van der Waals surface area contributed by atoms with Crippen molar-refractivity contribution in [3.8, 4) is 5.75 Å². The zero-order chi connectivity index (χ0) is 21.7. The fourth-order valence-corrected chi connectivity index (χ4v) is 4.23. The van der Waals surface area contributed by atoms with Crippen LogP contribution in [-0.2, 0) is 21.2 Å². The van der Waals surface area contributed by atoms with Crippen LogP contribution >= 0.6 is 11.3 Å². The number of nitrogens with one attached hydrogen (secondary N) is 2. The van der Waals surface area contributed by atoms with E-state index in [4.69, 9.17) is 4.74 Å². The van der Waals surface area contributed by atoms with Gasteiger partial charge in [-0.2, -0.15) is 0 Å². The van der Waals surface area contributed by atoms with Crippen molar-refractivity contribution in [2.24, 2.45) is 5.41 Å². The summed E-state index contributed by atoms with van der Waals surface area (Å²) in [6.45, 7) is 9.49. The van der Waals surface area contributed by atoms with Gasteiger partial charge in [-0.15, -0.1) is 10.2 Å². The normalized spacial score (nSPS) is 12.2. The molecule has 0 bridgehead atoms. The van der Waals surface area contributed by atoms with Gasteiger partial charge in [-0.3, -0.25) is 4.79 Å². The molecule has 1 aromatic heterocycles. The molecule has 160 valence electrons. The Bertz CT molecular complexity index is 916. The van der Waals surface area contributed by atoms with Crippen molar-refractivity contribution in [2.45, 2.75) is 57.9 Å². The SMILES string of the molecule is CC(C)Oc1ccc(CCCNS(=O)(=O)c2nnc(NC(=O)C(C)(C)C)s2)cc1. The van der Waals surface area contributed by atoms with Gasteiger partial charge in [0.25, 0.3) is 10.0 Å². The lowest BCUT2D eigenvalue weighted by atomic mass is 9.96. The standard InChI is InChI=1S/C19H28N4O4S2/c1-13(2)27-15-10-8-14(9-11-15)7-6-12-20-29(25,26)18-23-22-17(28-18)21-16(24)19(3,4)5/h8-11,13,20H,6-7,12H2,1-5H3,(H,21,22,24). The first-order chi connectivity index (χ1) is 13.5. The van der Waals surface area contributed by atoms with Crippen molar-refractivity contribution in [1.29, 1.82) is 0 Å². The molecule has 0 aliphatic rings. The Labute approximate surface area is 176 Å². The highest BCUT2D eigenvalue weighted by Gasteiger charge is 2.25. The van der Waals surface area contributed by atoms with Crippen LogP contribution in [0.5, 0.6) is 5.75 Å². The van der Waals surface area contributed by atoms with Gasteiger partial charge < -0.3 is 10.1 Å². The third-order valence-electron chi connectivity index (χ3n) is 3.77. The van der Waals surface area contributed by atoms with E-state index in [9.17, 15) is 13.2 Å². The Balaban J connectivity index is 1.83. The van der Waals surface area contributed by atoms with Gasteiger partial charge in [0.05, 0.1) is 6.10 Å². The van der Waals surface area contributed by atoms with Gasteiger partial charge >= 0.3 is 0 Å². The number of aryl methyl sites for hydroxylation is 1. The summed E-state index contributed by atoms with van der Waals surface area (Å²) in [5.41, 5.74) is 0.491. The third kappa shape index (κ3) is 7.37. The van der Waals surface area contributed by atoms with Crippen molar-refractivity contribution in [3.63, 3.8) is 0 Å². The largest absolute Gasteiger partial charge is 0.491 e. The molecule has 0 saturated carbocycles. The molecule has 29 heavy (non-hydrogen) atoms. The van der Waals surface area contributed by atoms with E-state index in [2.05, 4.69) is 20.2 Å². The maximum atomic E-state index is 12.4. The lowest BCUT2D eigenvalue weighted by Crippen LogP contribution is -2.27. The number of nitrogens with zero attached hydrogens (tertiary/aromatic N) is 2. The van der Waals surface area contributed by atoms with Crippen LogP contribution in [0.2, 0.25) is 0 Å². The summed E-state index contributed by atoms with van der Waals surface area (Å²) in [6, 6.07) is 7.77. The number of aromatic nitrogens is 2. The van der Waals surface area contributed by atoms with Crippen LogP contribution in [0.4, 0.5) is 5.13 Å². The van der Waals surface area contributed by atoms with E-state index in [1.54, 1.807) is 20.8 Å². The van der Waals surface area contributed by atoms with E-state index in [0.29, 0.717) is 6.42 Å². The molecule has 0 unspecified atom stereocenters. The van der Waals surface area contributed by atoms with Gasteiger partial charge in [0.1, 0.15) is 5.75 Å². The van der Waals surface area contributed by atoms with E-state index < -0.39 is 15.4 Å². The van der Waals surface area contributed by atoms with Crippen molar-refractivity contribution in [1.82, 2.24) is 14.9 Å². The molecule has 0 radical (unpaired) electrons. The van der Waals surface area contributed by atoms with Gasteiger partial charge in [0.2, 0.25) is 15.4 Å². The van der Waals surface area contributed by atoms with Gasteiger partial charge in [0.15, 0.2) is 0 Å². The third-order valence-corrected chi connectivity index (χ3v) is 6.43. The minimum atomic E-state index is -3.76. The molecule has 0 aliphatic heterocycles. The van der Waals surface area contributed by atoms with Crippen LogP contribution < -0.4 is 14.8 Å². The first-order valence-electron chi connectivity index (χ1n) is 9.37. The molecular formula is C19H28N4O4S2. The summed E-state index contributed by atoms with van der Waals surface area (Å²) < 4.78 is 32.7. The number of hydrogen-bond acceptors (Lipinski definition) is 7. The Morgan fingerprint density at radius 2 is 1.83 bits per heavy atom. The van der Waals surface area contributed by atoms with E-state index >= 15 is 0 Å². The van der Waals surface area contributed by atoms with Crippen LogP contribution in [0.15, 0.2) is 28.6 Å². The Kier molecular flexibility index (Phi) is 7.73. The molecule has 0 aliphatic carbocycles. The van der Waals surface area contributed by atoms with E-state index in [-0.39, 0.29) is 28.0 Å². The summed E-state index contributed by atoms with van der Waals surface area (Å²) in [5.74, 6) is 0.561. The van der Waals surface area contributed by atoms with Crippen LogP contribution in [-0.4, -0.2) is 37.2 Å². The molecule has 0 fully saturated rings. The van der Waals surface area contributed by atoms with Crippen molar-refractivity contribution >= 4 is 32.4 Å². The van der Waals surface area contributed by atoms with Crippen LogP contribution in [0.3, 0.4) is 0 Å². The fraction of sp³-hybridized carbons (Fsp3) is 0.526. The highest BCUT2D eigenvalue weighted by molar-refractivity contribution is 7.91. The summed E-state index contributed by atoms with van der Waals surface area (Å²) in [4.78, 5) is 12.0. The summed E-state index contributed by atoms with van der Waals surface area (Å²) in [5, 5.41) is 10.2. The molecule has 0 spiro atoms. The summed E-state index contributed by atoms with van der Waals surface area (Å²) in [7, 11) is -3.76. The molecule has 1 aromatic carbocycles. The fourth-order valence-electron chi connectivity index (χ4n) is 2.22. The zero-order valence-corrected chi connectivity index (χ0v) is 19.0. The first-order valence-corrected chi connectivity index (χ1v) is 11.7. The summed E-state index contributed by atoms with van der Waals surface area (Å²) in [6.07, 6.45) is 1.49. The number of sulfonamides is 1. The minimum Gasteiger partial charge on any atom is -0.491 e. The van der Waals surface area contributed by atoms with E-state index in [1.165, 1.54) is 0 Å². The number of benzene rings is 1. The predicted octanol–water partition coefficient (Wildman–Crippen LogP) is 3.22. The monoisotopic (exact) mass is 440 g/mol. The number of ether oxygens (including phenoxy) is 1. The van der Waals surface area contributed by atoms with Gasteiger partial charge in [0, 0.05) is 12.0 Å². The zero-order valence-electron chi connectivity index (χ0n) is 17.4. The van der Waals surface area contributed by atoms with E-state index in [1.807, 2.05) is 38.1 Å². The number of anilines is 1. The Hall–Kier alpha value is -2.04. The second-order valence-electron chi connectivity index (χ2n) is 7.89. The minimum absolute atomic E-state index is 0.123. The molecule has 2 N–H and O–H groups in total. The second-order valence-corrected chi connectivity index (χ2v) is 10.8. The van der Waals surface area contributed by atoms with Gasteiger partial charge in [-0.25, -0.2) is 13.1 Å². The molecule has 2 aromatic rings. The Morgan fingerprint density at radius 1 is 1.17 bits per heavy atom. The maximum Gasteiger partial charge on any atom is 0.269 e. The molecule has 2 rings (SSSR count). The van der Waals surface area contributed by atoms with Crippen LogP contribution in [0.25, 0.3) is 0 Å². The molecular weight excluding hydrogens is 412 g/mol. The molecule has 1 heterocycles. The molecule has 0 saturated heterocycles. The average molecular weight is 441 g/mol. The average Bonchev–Trinajstić information content (AvgIpc) is 3.08. The van der Waals surface area contributed by atoms with Crippen LogP contribution in [0, 0.1) is 5.41 Å². The first kappa shape index (κ1) is 23.2. The second kappa shape index (κ2) is 9.64. The number of amides is 1. The lowest BCUT2D eigenvalue weighted by Gasteiger charge is -2.15. The molecule has 8 nitrogen and oxygen atoms in total. The van der Waals surface area contributed by atoms with Crippen molar-refractivity contribution < 1.29 is 17.9 Å². The quantitative estimate of drug-likeness (QED) is 0.458. The van der Waals surface area contributed by atoms with Crippen LogP contribution in [0.1, 0.15) is 46.6 Å². The lowest BCUT2D eigenvalue weighted by molar-refractivity contribution is -0.123. The molecule has 1 amide bonds. The highest BCUT2D eigenvalue weighted by Crippen LogP contribution is 2.23. The summed E-state index contributed by atoms with van der Waals surface area (Å²) >= 11 is 0.826. The topological polar surface area (TPSA) is 110 Å². The molecule has 0 atom stereocenters. The highest BCUT2D eigenvalue weighted by atomic mass is 32.2. The van der Waals surface area contributed by atoms with Gasteiger partial charge in [-0.05, 0) is 44.4 Å². The maximum absolute atomic E-state index is 12.4. The van der Waals surface area contributed by atoms with Crippen molar-refractivity contribution in [2.75, 3.05) is 11.9 Å². The number of rotatable bonds is 9. The smallest absolute Gasteiger partial charge is 0.269 e. The Morgan fingerprint density at radius 3 is 2.41 bits per heavy atom. The number of hydrogen-bond donors (Lipinski definition) is 2. The number of carbonyl (C=O) groups is 1. The molecule has 10 heteroatoms. The van der Waals surface area contributed by atoms with E-state index in [0.717, 1.165) is 29.1 Å². The van der Waals surface area contributed by atoms with Gasteiger partial charge in [-0.1, -0.05) is 44.2 Å². The van der Waals surface area contributed by atoms with Crippen molar-refractivity contribution in [3.05, 3.63) is 29.8 Å².